The maximum absolute atomic E-state index is 12.8. The van der Waals surface area contributed by atoms with Crippen molar-refractivity contribution in [1.29, 1.82) is 0 Å². The van der Waals surface area contributed by atoms with Crippen LogP contribution in [0.15, 0.2) is 41.3 Å². The van der Waals surface area contributed by atoms with E-state index in [4.69, 9.17) is 0 Å². The molecule has 1 saturated heterocycles. The summed E-state index contributed by atoms with van der Waals surface area (Å²) in [7, 11) is -3.59. The molecule has 2 aromatic rings. The molecule has 5 heteroatoms. The number of anilines is 2. The highest BCUT2D eigenvalue weighted by atomic mass is 32.2. The van der Waals surface area contributed by atoms with Crippen molar-refractivity contribution in [2.24, 2.45) is 0 Å². The fourth-order valence-electron chi connectivity index (χ4n) is 3.51. The van der Waals surface area contributed by atoms with Crippen LogP contribution < -0.4 is 9.62 Å². The molecule has 128 valence electrons. The third-order valence-corrected chi connectivity index (χ3v) is 6.15. The van der Waals surface area contributed by atoms with Gasteiger partial charge in [0.25, 0.3) is 10.0 Å². The Balaban J connectivity index is 1.84. The van der Waals surface area contributed by atoms with Gasteiger partial charge in [0.2, 0.25) is 0 Å². The maximum Gasteiger partial charge on any atom is 0.262 e. The molecule has 1 heterocycles. The fraction of sp³-hybridized carbons (Fsp3) is 0.368. The third-order valence-electron chi connectivity index (χ3n) is 4.46. The van der Waals surface area contributed by atoms with Gasteiger partial charge in [-0.05, 0) is 69.0 Å². The number of nitrogens with one attached hydrogen (secondary N) is 1. The van der Waals surface area contributed by atoms with Gasteiger partial charge in [-0.15, -0.1) is 0 Å². The van der Waals surface area contributed by atoms with Gasteiger partial charge in [-0.3, -0.25) is 4.72 Å². The second kappa shape index (κ2) is 6.48. The van der Waals surface area contributed by atoms with E-state index in [-0.39, 0.29) is 0 Å². The second-order valence-corrected chi connectivity index (χ2v) is 8.19. The molecule has 0 unspecified atom stereocenters. The normalized spacial score (nSPS) is 14.9. The lowest BCUT2D eigenvalue weighted by molar-refractivity contribution is 0.600. The average Bonchev–Trinajstić information content (AvgIpc) is 3.00. The van der Waals surface area contributed by atoms with Crippen molar-refractivity contribution < 1.29 is 8.42 Å². The largest absolute Gasteiger partial charge is 0.372 e. The molecule has 0 atom stereocenters. The van der Waals surface area contributed by atoms with Crippen molar-refractivity contribution in [3.8, 4) is 0 Å². The molecule has 2 aromatic carbocycles. The summed E-state index contributed by atoms with van der Waals surface area (Å²) in [6.45, 7) is 7.80. The van der Waals surface area contributed by atoms with Crippen LogP contribution in [0.3, 0.4) is 0 Å². The number of nitrogens with zero attached hydrogens (tertiary/aromatic N) is 1. The molecule has 0 aliphatic carbocycles. The summed E-state index contributed by atoms with van der Waals surface area (Å²) >= 11 is 0. The van der Waals surface area contributed by atoms with E-state index in [0.717, 1.165) is 35.5 Å². The van der Waals surface area contributed by atoms with Crippen molar-refractivity contribution in [3.05, 3.63) is 53.1 Å². The van der Waals surface area contributed by atoms with Crippen molar-refractivity contribution >= 4 is 21.4 Å². The Hall–Kier alpha value is -2.01. The number of rotatable bonds is 4. The Labute approximate surface area is 144 Å². The summed E-state index contributed by atoms with van der Waals surface area (Å²) in [5.41, 5.74) is 4.36. The molecule has 1 N–H and O–H groups in total. The minimum Gasteiger partial charge on any atom is -0.372 e. The summed E-state index contributed by atoms with van der Waals surface area (Å²) in [4.78, 5) is 2.70. The van der Waals surface area contributed by atoms with Crippen molar-refractivity contribution in [1.82, 2.24) is 0 Å². The van der Waals surface area contributed by atoms with Crippen LogP contribution in [0.5, 0.6) is 0 Å². The van der Waals surface area contributed by atoms with Crippen LogP contribution in [0.2, 0.25) is 0 Å². The number of benzene rings is 2. The molecule has 0 aromatic heterocycles. The summed E-state index contributed by atoms with van der Waals surface area (Å²) in [6.07, 6.45) is 2.45. The molecule has 0 saturated carbocycles. The number of hydrogen-bond acceptors (Lipinski definition) is 3. The first kappa shape index (κ1) is 16.8. The van der Waals surface area contributed by atoms with Crippen LogP contribution in [0.25, 0.3) is 0 Å². The smallest absolute Gasteiger partial charge is 0.262 e. The highest BCUT2D eigenvalue weighted by Gasteiger charge is 2.20. The molecule has 3 rings (SSSR count). The molecular weight excluding hydrogens is 320 g/mol. The van der Waals surface area contributed by atoms with E-state index in [1.165, 1.54) is 12.8 Å². The molecule has 0 radical (unpaired) electrons. The minimum atomic E-state index is -3.59. The lowest BCUT2D eigenvalue weighted by atomic mass is 10.1. The Bertz CT molecular complexity index is 813. The number of hydrogen-bond donors (Lipinski definition) is 1. The Morgan fingerprint density at radius 3 is 2.00 bits per heavy atom. The lowest BCUT2D eigenvalue weighted by Gasteiger charge is -2.18. The Morgan fingerprint density at radius 2 is 1.46 bits per heavy atom. The molecule has 0 amide bonds. The molecule has 0 spiro atoms. The topological polar surface area (TPSA) is 49.4 Å². The van der Waals surface area contributed by atoms with Crippen LogP contribution in [0, 0.1) is 20.8 Å². The van der Waals surface area contributed by atoms with Gasteiger partial charge in [-0.25, -0.2) is 8.42 Å². The molecule has 24 heavy (non-hydrogen) atoms. The standard InChI is InChI=1S/C19H24N2O2S/c1-14-12-15(2)19(16(3)13-14)24(22,23)20-17-6-8-18(9-7-17)21-10-4-5-11-21/h6-9,12-13,20H,4-5,10-11H2,1-3H3. The lowest BCUT2D eigenvalue weighted by Crippen LogP contribution is -2.18. The van der Waals surface area contributed by atoms with Crippen LogP contribution in [-0.4, -0.2) is 21.5 Å². The van der Waals surface area contributed by atoms with E-state index < -0.39 is 10.0 Å². The van der Waals surface area contributed by atoms with Gasteiger partial charge in [0.05, 0.1) is 4.90 Å². The van der Waals surface area contributed by atoms with E-state index >= 15 is 0 Å². The molecule has 0 bridgehead atoms. The Kier molecular flexibility index (Phi) is 4.54. The van der Waals surface area contributed by atoms with Gasteiger partial charge in [0.1, 0.15) is 0 Å². The first-order chi connectivity index (χ1) is 11.4. The highest BCUT2D eigenvalue weighted by Crippen LogP contribution is 2.26. The van der Waals surface area contributed by atoms with Crippen LogP contribution in [-0.2, 0) is 10.0 Å². The molecule has 4 nitrogen and oxygen atoms in total. The van der Waals surface area contributed by atoms with Gasteiger partial charge >= 0.3 is 0 Å². The summed E-state index contributed by atoms with van der Waals surface area (Å²) in [5.74, 6) is 0. The SMILES string of the molecule is Cc1cc(C)c(S(=O)(=O)Nc2ccc(N3CCCC3)cc2)c(C)c1. The van der Waals surface area contributed by atoms with Gasteiger partial charge in [-0.2, -0.15) is 0 Å². The molecular formula is C19H24N2O2S. The zero-order valence-electron chi connectivity index (χ0n) is 14.5. The summed E-state index contributed by atoms with van der Waals surface area (Å²) in [6, 6.07) is 11.4. The highest BCUT2D eigenvalue weighted by molar-refractivity contribution is 7.92. The van der Waals surface area contributed by atoms with Crippen molar-refractivity contribution in [2.45, 2.75) is 38.5 Å². The predicted molar refractivity (Wildman–Crippen MR) is 99.4 cm³/mol. The minimum absolute atomic E-state index is 0.372. The van der Waals surface area contributed by atoms with Gasteiger partial charge in [0.15, 0.2) is 0 Å². The number of sulfonamides is 1. The Morgan fingerprint density at radius 1 is 0.917 bits per heavy atom. The van der Waals surface area contributed by atoms with Gasteiger partial charge in [0, 0.05) is 24.5 Å². The summed E-state index contributed by atoms with van der Waals surface area (Å²) < 4.78 is 28.3. The van der Waals surface area contributed by atoms with Gasteiger partial charge < -0.3 is 4.90 Å². The summed E-state index contributed by atoms with van der Waals surface area (Å²) in [5, 5.41) is 0. The van der Waals surface area contributed by atoms with E-state index in [1.54, 1.807) is 0 Å². The zero-order chi connectivity index (χ0) is 17.3. The second-order valence-electron chi connectivity index (χ2n) is 6.57. The average molecular weight is 344 g/mol. The van der Waals surface area contributed by atoms with E-state index in [0.29, 0.717) is 10.6 Å². The van der Waals surface area contributed by atoms with Crippen molar-refractivity contribution in [2.75, 3.05) is 22.7 Å². The molecule has 1 aliphatic rings. The quantitative estimate of drug-likeness (QED) is 0.911. The third kappa shape index (κ3) is 3.41. The predicted octanol–water partition coefficient (Wildman–Crippen LogP) is 4.01. The van der Waals surface area contributed by atoms with Crippen LogP contribution in [0.4, 0.5) is 11.4 Å². The monoisotopic (exact) mass is 344 g/mol. The van der Waals surface area contributed by atoms with E-state index in [9.17, 15) is 8.42 Å². The molecule has 1 fully saturated rings. The fourth-order valence-corrected chi connectivity index (χ4v) is 5.03. The van der Waals surface area contributed by atoms with Crippen molar-refractivity contribution in [3.63, 3.8) is 0 Å². The van der Waals surface area contributed by atoms with Crippen LogP contribution in [0.1, 0.15) is 29.5 Å². The number of aryl methyl sites for hydroxylation is 3. The maximum atomic E-state index is 12.8. The zero-order valence-corrected chi connectivity index (χ0v) is 15.3. The van der Waals surface area contributed by atoms with E-state index in [1.807, 2.05) is 57.2 Å². The van der Waals surface area contributed by atoms with E-state index in [2.05, 4.69) is 9.62 Å². The van der Waals surface area contributed by atoms with Crippen LogP contribution >= 0.6 is 0 Å². The first-order valence-corrected chi connectivity index (χ1v) is 9.81. The first-order valence-electron chi connectivity index (χ1n) is 8.32. The molecule has 1 aliphatic heterocycles. The van der Waals surface area contributed by atoms with Gasteiger partial charge in [-0.1, -0.05) is 17.7 Å².